The number of rotatable bonds is 2. The molecule has 1 atom stereocenters. The molecule has 0 bridgehead atoms. The fourth-order valence-electron chi connectivity index (χ4n) is 2.48. The van der Waals surface area contributed by atoms with Crippen molar-refractivity contribution < 1.29 is 9.50 Å². The SMILES string of the molecule is OC(c1ccc2c(c1)CCC2)c1ccc(F)cn1. The lowest BCUT2D eigenvalue weighted by molar-refractivity contribution is 0.215. The number of aliphatic hydroxyl groups is 1. The van der Waals surface area contributed by atoms with Crippen LogP contribution in [0.5, 0.6) is 0 Å². The van der Waals surface area contributed by atoms with Gasteiger partial charge in [-0.25, -0.2) is 4.39 Å². The summed E-state index contributed by atoms with van der Waals surface area (Å²) in [6, 6.07) is 8.88. The lowest BCUT2D eigenvalue weighted by Gasteiger charge is -2.12. The molecule has 0 saturated heterocycles. The molecule has 92 valence electrons. The zero-order valence-corrected chi connectivity index (χ0v) is 9.94. The molecule has 3 heteroatoms. The number of pyridine rings is 1. The van der Waals surface area contributed by atoms with Gasteiger partial charge in [-0.1, -0.05) is 18.2 Å². The third kappa shape index (κ3) is 2.02. The molecule has 1 aromatic heterocycles. The highest BCUT2D eigenvalue weighted by Crippen LogP contribution is 2.27. The number of hydrogen-bond acceptors (Lipinski definition) is 2. The van der Waals surface area contributed by atoms with Crippen LogP contribution in [0.4, 0.5) is 4.39 Å². The van der Waals surface area contributed by atoms with Crippen LogP contribution in [0.15, 0.2) is 36.5 Å². The van der Waals surface area contributed by atoms with E-state index in [0.717, 1.165) is 24.6 Å². The number of nitrogens with zero attached hydrogens (tertiary/aromatic N) is 1. The van der Waals surface area contributed by atoms with Crippen molar-refractivity contribution in [2.75, 3.05) is 0 Å². The van der Waals surface area contributed by atoms with E-state index in [0.29, 0.717) is 5.69 Å². The minimum atomic E-state index is -0.781. The predicted octanol–water partition coefficient (Wildman–Crippen LogP) is 2.79. The second-order valence-electron chi connectivity index (χ2n) is 4.69. The first kappa shape index (κ1) is 11.4. The summed E-state index contributed by atoms with van der Waals surface area (Å²) in [6.07, 6.45) is 3.74. The third-order valence-corrected chi connectivity index (χ3v) is 3.47. The van der Waals surface area contributed by atoms with E-state index in [1.54, 1.807) is 0 Å². The van der Waals surface area contributed by atoms with Crippen molar-refractivity contribution in [2.45, 2.75) is 25.4 Å². The molecule has 0 aliphatic heterocycles. The lowest BCUT2D eigenvalue weighted by atomic mass is 10.0. The van der Waals surface area contributed by atoms with Gasteiger partial charge in [0.15, 0.2) is 0 Å². The summed E-state index contributed by atoms with van der Waals surface area (Å²) >= 11 is 0. The summed E-state index contributed by atoms with van der Waals surface area (Å²) in [4.78, 5) is 3.92. The smallest absolute Gasteiger partial charge is 0.141 e. The average Bonchev–Trinajstić information content (AvgIpc) is 2.86. The summed E-state index contributed by atoms with van der Waals surface area (Å²) in [5.41, 5.74) is 4.00. The fraction of sp³-hybridized carbons (Fsp3) is 0.267. The number of hydrogen-bond donors (Lipinski definition) is 1. The molecule has 0 saturated carbocycles. The van der Waals surface area contributed by atoms with Crippen molar-refractivity contribution in [1.82, 2.24) is 4.98 Å². The number of benzene rings is 1. The fourth-order valence-corrected chi connectivity index (χ4v) is 2.48. The standard InChI is InChI=1S/C15H14FNO/c16-13-6-7-14(17-9-13)15(18)12-5-4-10-2-1-3-11(10)8-12/h4-9,15,18H,1-3H2. The second kappa shape index (κ2) is 4.50. The maximum Gasteiger partial charge on any atom is 0.141 e. The van der Waals surface area contributed by atoms with Gasteiger partial charge in [-0.15, -0.1) is 0 Å². The molecule has 2 aromatic rings. The van der Waals surface area contributed by atoms with E-state index in [1.165, 1.54) is 29.7 Å². The van der Waals surface area contributed by atoms with Gasteiger partial charge in [0.2, 0.25) is 0 Å². The van der Waals surface area contributed by atoms with E-state index in [1.807, 2.05) is 12.1 Å². The Bertz CT molecular complexity index is 565. The van der Waals surface area contributed by atoms with Gasteiger partial charge < -0.3 is 5.11 Å². The van der Waals surface area contributed by atoms with E-state index in [9.17, 15) is 9.50 Å². The van der Waals surface area contributed by atoms with Crippen LogP contribution in [0, 0.1) is 5.82 Å². The predicted molar refractivity (Wildman–Crippen MR) is 66.7 cm³/mol. The van der Waals surface area contributed by atoms with E-state index in [4.69, 9.17) is 0 Å². The molecular formula is C15H14FNO. The normalized spacial score (nSPS) is 15.4. The molecule has 1 aliphatic carbocycles. The van der Waals surface area contributed by atoms with Crippen molar-refractivity contribution in [3.05, 3.63) is 64.7 Å². The minimum Gasteiger partial charge on any atom is -0.382 e. The van der Waals surface area contributed by atoms with E-state index in [2.05, 4.69) is 11.1 Å². The Balaban J connectivity index is 1.92. The van der Waals surface area contributed by atoms with Gasteiger partial charge in [0.1, 0.15) is 11.9 Å². The van der Waals surface area contributed by atoms with Crippen LogP contribution >= 0.6 is 0 Å². The molecule has 1 unspecified atom stereocenters. The minimum absolute atomic E-state index is 0.389. The van der Waals surface area contributed by atoms with Gasteiger partial charge in [-0.2, -0.15) is 0 Å². The highest BCUT2D eigenvalue weighted by Gasteiger charge is 2.16. The maximum atomic E-state index is 12.8. The summed E-state index contributed by atoms with van der Waals surface area (Å²) in [7, 11) is 0. The molecule has 1 aliphatic rings. The molecule has 1 N–H and O–H groups in total. The molecule has 3 rings (SSSR count). The van der Waals surface area contributed by atoms with E-state index < -0.39 is 6.10 Å². The third-order valence-electron chi connectivity index (χ3n) is 3.47. The van der Waals surface area contributed by atoms with Crippen LogP contribution in [-0.2, 0) is 12.8 Å². The monoisotopic (exact) mass is 243 g/mol. The first-order valence-electron chi connectivity index (χ1n) is 6.15. The van der Waals surface area contributed by atoms with Crippen LogP contribution in [-0.4, -0.2) is 10.1 Å². The molecule has 0 radical (unpaired) electrons. The van der Waals surface area contributed by atoms with Crippen molar-refractivity contribution in [2.24, 2.45) is 0 Å². The highest BCUT2D eigenvalue weighted by molar-refractivity contribution is 5.38. The zero-order chi connectivity index (χ0) is 12.5. The Morgan fingerprint density at radius 1 is 1.11 bits per heavy atom. The Labute approximate surface area is 105 Å². The summed E-state index contributed by atoms with van der Waals surface area (Å²) in [5.74, 6) is -0.389. The molecule has 1 heterocycles. The first-order chi connectivity index (χ1) is 8.74. The second-order valence-corrected chi connectivity index (χ2v) is 4.69. The molecule has 2 nitrogen and oxygen atoms in total. The summed E-state index contributed by atoms with van der Waals surface area (Å²) in [6.45, 7) is 0. The van der Waals surface area contributed by atoms with Crippen LogP contribution in [0.2, 0.25) is 0 Å². The van der Waals surface area contributed by atoms with Gasteiger partial charge in [0.05, 0.1) is 11.9 Å². The molecule has 0 fully saturated rings. The van der Waals surface area contributed by atoms with Crippen LogP contribution in [0.3, 0.4) is 0 Å². The molecule has 1 aromatic carbocycles. The van der Waals surface area contributed by atoms with Crippen LogP contribution in [0.1, 0.15) is 34.9 Å². The van der Waals surface area contributed by atoms with Crippen molar-refractivity contribution in [1.29, 1.82) is 0 Å². The Hall–Kier alpha value is -1.74. The van der Waals surface area contributed by atoms with Gasteiger partial charge in [-0.05, 0) is 48.1 Å². The number of aliphatic hydroxyl groups excluding tert-OH is 1. The Kier molecular flexibility index (Phi) is 2.84. The molecule has 0 amide bonds. The number of fused-ring (bicyclic) bond motifs is 1. The molecule has 0 spiro atoms. The average molecular weight is 243 g/mol. The number of aromatic nitrogens is 1. The highest BCUT2D eigenvalue weighted by atomic mass is 19.1. The van der Waals surface area contributed by atoms with Gasteiger partial charge in [0.25, 0.3) is 0 Å². The maximum absolute atomic E-state index is 12.8. The van der Waals surface area contributed by atoms with Crippen molar-refractivity contribution >= 4 is 0 Å². The van der Waals surface area contributed by atoms with E-state index in [-0.39, 0.29) is 5.82 Å². The quantitative estimate of drug-likeness (QED) is 0.879. The van der Waals surface area contributed by atoms with Crippen molar-refractivity contribution in [3.63, 3.8) is 0 Å². The van der Waals surface area contributed by atoms with Crippen molar-refractivity contribution in [3.8, 4) is 0 Å². The van der Waals surface area contributed by atoms with Gasteiger partial charge in [0, 0.05) is 0 Å². The Morgan fingerprint density at radius 3 is 2.72 bits per heavy atom. The summed E-state index contributed by atoms with van der Waals surface area (Å²) < 4.78 is 12.8. The zero-order valence-electron chi connectivity index (χ0n) is 9.94. The number of halogens is 1. The first-order valence-corrected chi connectivity index (χ1v) is 6.15. The molecule has 18 heavy (non-hydrogen) atoms. The van der Waals surface area contributed by atoms with Crippen LogP contribution < -0.4 is 0 Å². The Morgan fingerprint density at radius 2 is 1.94 bits per heavy atom. The molecular weight excluding hydrogens is 229 g/mol. The van der Waals surface area contributed by atoms with E-state index >= 15 is 0 Å². The largest absolute Gasteiger partial charge is 0.382 e. The van der Waals surface area contributed by atoms with Gasteiger partial charge >= 0.3 is 0 Å². The number of aryl methyl sites for hydroxylation is 2. The van der Waals surface area contributed by atoms with Crippen LogP contribution in [0.25, 0.3) is 0 Å². The van der Waals surface area contributed by atoms with Gasteiger partial charge in [-0.3, -0.25) is 4.98 Å². The lowest BCUT2D eigenvalue weighted by Crippen LogP contribution is -2.03. The summed E-state index contributed by atoms with van der Waals surface area (Å²) in [5, 5.41) is 10.2. The topological polar surface area (TPSA) is 33.1 Å².